The predicted molar refractivity (Wildman–Crippen MR) is 99.2 cm³/mol. The lowest BCUT2D eigenvalue weighted by molar-refractivity contribution is 0.160. The van der Waals surface area contributed by atoms with Crippen molar-refractivity contribution in [3.8, 4) is 0 Å². The van der Waals surface area contributed by atoms with Gasteiger partial charge >= 0.3 is 0 Å². The number of nitrogens with zero attached hydrogens (tertiary/aromatic N) is 1. The summed E-state index contributed by atoms with van der Waals surface area (Å²) >= 11 is 0. The van der Waals surface area contributed by atoms with Crippen LogP contribution in [0.15, 0.2) is 29.1 Å². The number of aliphatic hydroxyl groups is 1. The smallest absolute Gasteiger partial charge is 0.256 e. The Kier molecular flexibility index (Phi) is 9.17. The molecule has 2 aromatic rings. The summed E-state index contributed by atoms with van der Waals surface area (Å²) in [5, 5.41) is 11.2. The Hall–Kier alpha value is -1.44. The number of benzene rings is 1. The molecule has 1 unspecified atom stereocenters. The molecular formula is C17H27ClN2O4. The van der Waals surface area contributed by atoms with Gasteiger partial charge in [-0.05, 0) is 49.4 Å². The predicted octanol–water partition coefficient (Wildman–Crippen LogP) is 0.608. The second kappa shape index (κ2) is 9.76. The summed E-state index contributed by atoms with van der Waals surface area (Å²) in [5.74, 6) is 0. The minimum Gasteiger partial charge on any atom is -0.412 e. The molecule has 0 amide bonds. The molecule has 1 aromatic carbocycles. The van der Waals surface area contributed by atoms with Gasteiger partial charge in [0.2, 0.25) is 0 Å². The van der Waals surface area contributed by atoms with Gasteiger partial charge in [0, 0.05) is 30.1 Å². The fourth-order valence-electron chi connectivity index (χ4n) is 3.29. The van der Waals surface area contributed by atoms with Gasteiger partial charge in [-0.3, -0.25) is 9.69 Å². The molecule has 2 heterocycles. The zero-order valence-electron chi connectivity index (χ0n) is 13.8. The Morgan fingerprint density at radius 3 is 2.75 bits per heavy atom. The summed E-state index contributed by atoms with van der Waals surface area (Å²) in [7, 11) is 0. The van der Waals surface area contributed by atoms with Gasteiger partial charge in [-0.15, -0.1) is 12.4 Å². The number of aromatic nitrogens is 1. The van der Waals surface area contributed by atoms with E-state index in [1.165, 1.54) is 0 Å². The van der Waals surface area contributed by atoms with Crippen LogP contribution in [0.5, 0.6) is 0 Å². The van der Waals surface area contributed by atoms with E-state index in [1.54, 1.807) is 0 Å². The molecule has 0 aliphatic carbocycles. The molecule has 136 valence electrons. The Bertz CT molecular complexity index is 705. The highest BCUT2D eigenvalue weighted by molar-refractivity contribution is 5.85. The van der Waals surface area contributed by atoms with E-state index in [1.807, 2.05) is 25.1 Å². The molecule has 1 saturated heterocycles. The summed E-state index contributed by atoms with van der Waals surface area (Å²) in [4.78, 5) is 17.5. The van der Waals surface area contributed by atoms with Crippen LogP contribution < -0.4 is 5.56 Å². The number of nitrogens with one attached hydrogen (secondary N) is 1. The summed E-state index contributed by atoms with van der Waals surface area (Å²) in [5.41, 5.74) is 2.10. The van der Waals surface area contributed by atoms with Crippen molar-refractivity contribution in [1.82, 2.24) is 9.88 Å². The van der Waals surface area contributed by atoms with E-state index in [0.29, 0.717) is 6.04 Å². The monoisotopic (exact) mass is 358 g/mol. The number of hydrogen-bond acceptors (Lipinski definition) is 3. The van der Waals surface area contributed by atoms with Crippen LogP contribution >= 0.6 is 12.4 Å². The average molecular weight is 359 g/mol. The van der Waals surface area contributed by atoms with Crippen LogP contribution in [0.25, 0.3) is 10.8 Å². The third-order valence-electron chi connectivity index (χ3n) is 4.54. The van der Waals surface area contributed by atoms with E-state index in [9.17, 15) is 9.90 Å². The van der Waals surface area contributed by atoms with Crippen LogP contribution in [0, 0.1) is 6.92 Å². The van der Waals surface area contributed by atoms with Crippen LogP contribution in [0.4, 0.5) is 0 Å². The number of halogens is 1. The SMILES string of the molecule is Cc1cccc2c(=O)[nH]c(CCN3CCCC3CO)cc12.Cl.O.O. The second-order valence-electron chi connectivity index (χ2n) is 5.92. The Balaban J connectivity index is 0.00000176. The summed E-state index contributed by atoms with van der Waals surface area (Å²) in [6.45, 7) is 4.20. The largest absolute Gasteiger partial charge is 0.412 e. The number of aliphatic hydroxyl groups excluding tert-OH is 1. The van der Waals surface area contributed by atoms with Crippen molar-refractivity contribution in [2.45, 2.75) is 32.2 Å². The summed E-state index contributed by atoms with van der Waals surface area (Å²) in [6, 6.07) is 8.21. The fraction of sp³-hybridized carbons (Fsp3) is 0.471. The lowest BCUT2D eigenvalue weighted by atomic mass is 10.1. The lowest BCUT2D eigenvalue weighted by Gasteiger charge is -2.22. The van der Waals surface area contributed by atoms with E-state index in [4.69, 9.17) is 0 Å². The van der Waals surface area contributed by atoms with Gasteiger partial charge in [0.25, 0.3) is 5.56 Å². The Morgan fingerprint density at radius 2 is 2.04 bits per heavy atom. The summed E-state index contributed by atoms with van der Waals surface area (Å²) < 4.78 is 0. The third kappa shape index (κ3) is 4.55. The highest BCUT2D eigenvalue weighted by Gasteiger charge is 2.23. The van der Waals surface area contributed by atoms with Crippen molar-refractivity contribution in [2.24, 2.45) is 0 Å². The zero-order valence-corrected chi connectivity index (χ0v) is 14.7. The molecule has 0 saturated carbocycles. The standard InChI is InChI=1S/C17H22N2O2.ClH.2H2O/c1-12-4-2-6-15-16(12)10-13(18-17(15)21)7-9-19-8-3-5-14(19)11-20;;;/h2,4,6,10,14,20H,3,5,7-9,11H2,1H3,(H,18,21);1H;2*1H2. The number of fused-ring (bicyclic) bond motifs is 1. The molecule has 7 heteroatoms. The minimum atomic E-state index is -0.00803. The molecule has 0 radical (unpaired) electrons. The first-order valence-corrected chi connectivity index (χ1v) is 7.65. The molecule has 6 N–H and O–H groups in total. The molecule has 1 aliphatic rings. The minimum absolute atomic E-state index is 0. The van der Waals surface area contributed by atoms with E-state index in [-0.39, 0.29) is 35.5 Å². The molecule has 3 rings (SSSR count). The average Bonchev–Trinajstić information content (AvgIpc) is 2.94. The fourth-order valence-corrected chi connectivity index (χ4v) is 3.29. The Morgan fingerprint density at radius 1 is 1.29 bits per heavy atom. The third-order valence-corrected chi connectivity index (χ3v) is 4.54. The zero-order chi connectivity index (χ0) is 14.8. The number of rotatable bonds is 4. The number of likely N-dealkylation sites (tertiary alicyclic amines) is 1. The molecule has 0 bridgehead atoms. The maximum atomic E-state index is 12.2. The maximum absolute atomic E-state index is 12.2. The van der Waals surface area contributed by atoms with Crippen molar-refractivity contribution in [1.29, 1.82) is 0 Å². The second-order valence-corrected chi connectivity index (χ2v) is 5.92. The van der Waals surface area contributed by atoms with Crippen molar-refractivity contribution in [2.75, 3.05) is 19.7 Å². The number of aromatic amines is 1. The van der Waals surface area contributed by atoms with Crippen LogP contribution in [0.2, 0.25) is 0 Å². The number of aryl methyl sites for hydroxylation is 1. The summed E-state index contributed by atoms with van der Waals surface area (Å²) in [6.07, 6.45) is 3.04. The van der Waals surface area contributed by atoms with Crippen molar-refractivity contribution in [3.63, 3.8) is 0 Å². The highest BCUT2D eigenvalue weighted by atomic mass is 35.5. The molecule has 1 fully saturated rings. The van der Waals surface area contributed by atoms with Crippen molar-refractivity contribution >= 4 is 23.2 Å². The van der Waals surface area contributed by atoms with Crippen molar-refractivity contribution in [3.05, 3.63) is 45.9 Å². The molecule has 6 nitrogen and oxygen atoms in total. The van der Waals surface area contributed by atoms with E-state index < -0.39 is 0 Å². The molecule has 1 atom stereocenters. The first-order chi connectivity index (χ1) is 10.2. The topological polar surface area (TPSA) is 119 Å². The van der Waals surface area contributed by atoms with Gasteiger partial charge in [-0.1, -0.05) is 12.1 Å². The van der Waals surface area contributed by atoms with E-state index in [2.05, 4.69) is 16.0 Å². The van der Waals surface area contributed by atoms with Crippen LogP contribution in [-0.2, 0) is 6.42 Å². The number of H-pyrrole nitrogens is 1. The Labute approximate surface area is 147 Å². The molecule has 1 aliphatic heterocycles. The first kappa shape index (κ1) is 22.6. The van der Waals surface area contributed by atoms with Crippen LogP contribution in [-0.4, -0.2) is 51.7 Å². The molecular weight excluding hydrogens is 332 g/mol. The maximum Gasteiger partial charge on any atom is 0.256 e. The van der Waals surface area contributed by atoms with E-state index in [0.717, 1.165) is 54.4 Å². The van der Waals surface area contributed by atoms with Gasteiger partial charge < -0.3 is 21.0 Å². The van der Waals surface area contributed by atoms with Gasteiger partial charge in [0.05, 0.1) is 6.61 Å². The normalized spacial score (nSPS) is 17.0. The van der Waals surface area contributed by atoms with Gasteiger partial charge in [0.15, 0.2) is 0 Å². The van der Waals surface area contributed by atoms with Gasteiger partial charge in [0.1, 0.15) is 0 Å². The van der Waals surface area contributed by atoms with Gasteiger partial charge in [-0.2, -0.15) is 0 Å². The lowest BCUT2D eigenvalue weighted by Crippen LogP contribution is -2.34. The van der Waals surface area contributed by atoms with Crippen LogP contribution in [0.3, 0.4) is 0 Å². The first-order valence-electron chi connectivity index (χ1n) is 7.65. The van der Waals surface area contributed by atoms with Gasteiger partial charge in [-0.25, -0.2) is 0 Å². The number of hydrogen-bond donors (Lipinski definition) is 2. The molecule has 0 spiro atoms. The highest BCUT2D eigenvalue weighted by Crippen LogP contribution is 2.18. The molecule has 1 aromatic heterocycles. The van der Waals surface area contributed by atoms with Crippen molar-refractivity contribution < 1.29 is 16.1 Å². The van der Waals surface area contributed by atoms with E-state index >= 15 is 0 Å². The number of pyridine rings is 1. The van der Waals surface area contributed by atoms with Crippen LogP contribution in [0.1, 0.15) is 24.1 Å². The quantitative estimate of drug-likeness (QED) is 0.832. The molecule has 24 heavy (non-hydrogen) atoms.